The van der Waals surface area contributed by atoms with Crippen LogP contribution in [0.4, 0.5) is 0 Å². The van der Waals surface area contributed by atoms with E-state index in [1.165, 1.54) is 0 Å². The highest BCUT2D eigenvalue weighted by Crippen LogP contribution is 2.31. The molecular weight excluding hydrogens is 300 g/mol. The number of benzene rings is 1. The van der Waals surface area contributed by atoms with E-state index in [0.717, 1.165) is 49.6 Å². The molecule has 0 unspecified atom stereocenters. The lowest BCUT2D eigenvalue weighted by atomic mass is 10.1. The fourth-order valence-corrected chi connectivity index (χ4v) is 3.26. The van der Waals surface area contributed by atoms with Crippen molar-refractivity contribution in [1.82, 2.24) is 9.80 Å². The molecule has 0 saturated carbocycles. The fourth-order valence-electron chi connectivity index (χ4n) is 3.07. The van der Waals surface area contributed by atoms with Gasteiger partial charge < -0.3 is 9.64 Å². The summed E-state index contributed by atoms with van der Waals surface area (Å²) in [4.78, 5) is 16.9. The van der Waals surface area contributed by atoms with E-state index in [-0.39, 0.29) is 5.91 Å². The zero-order valence-corrected chi connectivity index (χ0v) is 13.6. The molecule has 2 aliphatic heterocycles. The lowest BCUT2D eigenvalue weighted by Crippen LogP contribution is -2.52. The first-order valence-electron chi connectivity index (χ1n) is 7.63. The number of piperazine rings is 1. The molecule has 118 valence electrons. The summed E-state index contributed by atoms with van der Waals surface area (Å²) in [6, 6.07) is 5.52. The van der Waals surface area contributed by atoms with E-state index < -0.39 is 6.10 Å². The Kier molecular flexibility index (Phi) is 4.41. The van der Waals surface area contributed by atoms with Crippen LogP contribution in [0.15, 0.2) is 30.4 Å². The minimum absolute atomic E-state index is 0.0855. The first kappa shape index (κ1) is 15.4. The number of halogens is 1. The first-order valence-corrected chi connectivity index (χ1v) is 8.01. The maximum atomic E-state index is 12.6. The summed E-state index contributed by atoms with van der Waals surface area (Å²) in [6.45, 7) is 10.2. The van der Waals surface area contributed by atoms with Gasteiger partial charge in [-0.15, -0.1) is 0 Å². The minimum atomic E-state index is -0.402. The van der Waals surface area contributed by atoms with Crippen molar-refractivity contribution in [2.45, 2.75) is 19.4 Å². The molecule has 1 amide bonds. The molecule has 2 heterocycles. The van der Waals surface area contributed by atoms with Crippen molar-refractivity contribution in [3.63, 3.8) is 0 Å². The molecular formula is C17H21ClN2O2. The van der Waals surface area contributed by atoms with Crippen molar-refractivity contribution in [3.05, 3.63) is 40.9 Å². The van der Waals surface area contributed by atoms with Gasteiger partial charge in [-0.25, -0.2) is 0 Å². The van der Waals surface area contributed by atoms with Crippen LogP contribution in [0.5, 0.6) is 5.75 Å². The van der Waals surface area contributed by atoms with E-state index in [2.05, 4.69) is 11.5 Å². The number of carbonyl (C=O) groups excluding carboxylic acids is 1. The lowest BCUT2D eigenvalue weighted by Gasteiger charge is -2.35. The second-order valence-corrected chi connectivity index (χ2v) is 6.56. The molecule has 0 N–H and O–H groups in total. The molecule has 22 heavy (non-hydrogen) atoms. The number of carbonyl (C=O) groups is 1. The Balaban J connectivity index is 1.57. The summed E-state index contributed by atoms with van der Waals surface area (Å²) >= 11 is 5.99. The van der Waals surface area contributed by atoms with E-state index in [1.54, 1.807) is 6.07 Å². The average Bonchev–Trinajstić information content (AvgIpc) is 2.89. The molecule has 3 rings (SSSR count). The number of hydrogen-bond acceptors (Lipinski definition) is 3. The molecule has 0 aliphatic carbocycles. The van der Waals surface area contributed by atoms with E-state index in [0.29, 0.717) is 11.4 Å². The van der Waals surface area contributed by atoms with Gasteiger partial charge in [0.1, 0.15) is 5.75 Å². The highest BCUT2D eigenvalue weighted by molar-refractivity contribution is 6.30. The van der Waals surface area contributed by atoms with Crippen molar-refractivity contribution in [2.24, 2.45) is 0 Å². The topological polar surface area (TPSA) is 32.8 Å². The molecule has 1 fully saturated rings. The Bertz CT molecular complexity index is 594. The molecule has 2 aliphatic rings. The number of nitrogens with zero attached hydrogens (tertiary/aromatic N) is 2. The molecule has 1 aromatic rings. The van der Waals surface area contributed by atoms with Gasteiger partial charge in [0.2, 0.25) is 0 Å². The number of fused-ring (bicyclic) bond motifs is 1. The highest BCUT2D eigenvalue weighted by Gasteiger charge is 2.33. The molecule has 0 aromatic heterocycles. The van der Waals surface area contributed by atoms with Gasteiger partial charge in [0, 0.05) is 44.2 Å². The predicted molar refractivity (Wildman–Crippen MR) is 87.4 cm³/mol. The summed E-state index contributed by atoms with van der Waals surface area (Å²) < 4.78 is 5.79. The number of rotatable bonds is 3. The van der Waals surface area contributed by atoms with Crippen LogP contribution in [-0.2, 0) is 11.2 Å². The van der Waals surface area contributed by atoms with Crippen LogP contribution in [0, 0.1) is 0 Å². The number of hydrogen-bond donors (Lipinski definition) is 0. The third-order valence-corrected chi connectivity index (χ3v) is 4.39. The predicted octanol–water partition coefficient (Wildman–Crippen LogP) is 2.36. The van der Waals surface area contributed by atoms with E-state index >= 15 is 0 Å². The molecule has 5 heteroatoms. The van der Waals surface area contributed by atoms with E-state index in [1.807, 2.05) is 24.0 Å². The SMILES string of the molecule is C=C(C)CN1CCN(C(=O)[C@@H]2Cc3cc(Cl)ccc3O2)CC1. The Morgan fingerprint density at radius 3 is 2.77 bits per heavy atom. The molecule has 1 aromatic carbocycles. The maximum absolute atomic E-state index is 12.6. The van der Waals surface area contributed by atoms with Gasteiger partial charge in [-0.05, 0) is 30.7 Å². The third kappa shape index (κ3) is 3.28. The Morgan fingerprint density at radius 2 is 2.09 bits per heavy atom. The summed E-state index contributed by atoms with van der Waals surface area (Å²) in [5.41, 5.74) is 2.18. The summed E-state index contributed by atoms with van der Waals surface area (Å²) in [5.74, 6) is 0.867. The van der Waals surface area contributed by atoms with Crippen LogP contribution in [0.25, 0.3) is 0 Å². The number of amides is 1. The van der Waals surface area contributed by atoms with Gasteiger partial charge in [0.15, 0.2) is 6.10 Å². The third-order valence-electron chi connectivity index (χ3n) is 4.15. The minimum Gasteiger partial charge on any atom is -0.480 e. The molecule has 4 nitrogen and oxygen atoms in total. The standard InChI is InChI=1S/C17H21ClN2O2/c1-12(2)11-19-5-7-20(8-6-19)17(21)16-10-13-9-14(18)3-4-15(13)22-16/h3-4,9,16H,1,5-8,10-11H2,2H3/t16-/m0/s1. The average molecular weight is 321 g/mol. The van der Waals surface area contributed by atoms with Crippen LogP contribution in [0.1, 0.15) is 12.5 Å². The van der Waals surface area contributed by atoms with Crippen LogP contribution in [-0.4, -0.2) is 54.5 Å². The summed E-state index contributed by atoms with van der Waals surface area (Å²) in [6.07, 6.45) is 0.210. The molecule has 0 spiro atoms. The van der Waals surface area contributed by atoms with Gasteiger partial charge in [0.05, 0.1) is 0 Å². The monoisotopic (exact) mass is 320 g/mol. The van der Waals surface area contributed by atoms with Crippen molar-refractivity contribution in [2.75, 3.05) is 32.7 Å². The second-order valence-electron chi connectivity index (χ2n) is 6.12. The van der Waals surface area contributed by atoms with Crippen molar-refractivity contribution in [1.29, 1.82) is 0 Å². The Hall–Kier alpha value is -1.52. The second kappa shape index (κ2) is 6.31. The van der Waals surface area contributed by atoms with E-state index in [4.69, 9.17) is 16.3 Å². The van der Waals surface area contributed by atoms with E-state index in [9.17, 15) is 4.79 Å². The quantitative estimate of drug-likeness (QED) is 0.802. The summed E-state index contributed by atoms with van der Waals surface area (Å²) in [5, 5.41) is 0.684. The van der Waals surface area contributed by atoms with Gasteiger partial charge in [-0.3, -0.25) is 9.69 Å². The number of ether oxygens (including phenoxy) is 1. The van der Waals surface area contributed by atoms with Gasteiger partial charge in [-0.2, -0.15) is 0 Å². The Morgan fingerprint density at radius 1 is 1.36 bits per heavy atom. The van der Waals surface area contributed by atoms with Gasteiger partial charge in [0.25, 0.3) is 5.91 Å². The molecule has 0 bridgehead atoms. The van der Waals surface area contributed by atoms with Crippen LogP contribution >= 0.6 is 11.6 Å². The van der Waals surface area contributed by atoms with Crippen molar-refractivity contribution >= 4 is 17.5 Å². The van der Waals surface area contributed by atoms with Gasteiger partial charge >= 0.3 is 0 Å². The zero-order chi connectivity index (χ0) is 15.7. The largest absolute Gasteiger partial charge is 0.480 e. The molecule has 1 saturated heterocycles. The van der Waals surface area contributed by atoms with Crippen molar-refractivity contribution < 1.29 is 9.53 Å². The van der Waals surface area contributed by atoms with Crippen LogP contribution in [0.2, 0.25) is 5.02 Å². The van der Waals surface area contributed by atoms with Gasteiger partial charge in [-0.1, -0.05) is 23.8 Å². The highest BCUT2D eigenvalue weighted by atomic mass is 35.5. The Labute approximate surface area is 136 Å². The zero-order valence-electron chi connectivity index (χ0n) is 12.8. The maximum Gasteiger partial charge on any atom is 0.264 e. The first-order chi connectivity index (χ1) is 10.5. The summed E-state index contributed by atoms with van der Waals surface area (Å²) in [7, 11) is 0. The smallest absolute Gasteiger partial charge is 0.264 e. The molecule has 0 radical (unpaired) electrons. The van der Waals surface area contributed by atoms with Crippen LogP contribution < -0.4 is 4.74 Å². The lowest BCUT2D eigenvalue weighted by molar-refractivity contribution is -0.139. The van der Waals surface area contributed by atoms with Crippen LogP contribution in [0.3, 0.4) is 0 Å². The fraction of sp³-hybridized carbons (Fsp3) is 0.471. The normalized spacial score (nSPS) is 21.4. The van der Waals surface area contributed by atoms with Crippen molar-refractivity contribution in [3.8, 4) is 5.75 Å². The molecule has 1 atom stereocenters.